The van der Waals surface area contributed by atoms with Gasteiger partial charge in [0, 0.05) is 6.54 Å². The van der Waals surface area contributed by atoms with Gasteiger partial charge in [0.15, 0.2) is 5.65 Å². The first-order valence-electron chi connectivity index (χ1n) is 7.48. The van der Waals surface area contributed by atoms with E-state index in [0.29, 0.717) is 11.8 Å². The van der Waals surface area contributed by atoms with Gasteiger partial charge in [0.05, 0.1) is 6.20 Å². The van der Waals surface area contributed by atoms with Crippen LogP contribution in [-0.4, -0.2) is 32.8 Å². The van der Waals surface area contributed by atoms with Crippen LogP contribution in [0.1, 0.15) is 45.4 Å². The molecule has 1 aliphatic carbocycles. The third-order valence-electron chi connectivity index (χ3n) is 3.69. The minimum absolute atomic E-state index is 0.264. The summed E-state index contributed by atoms with van der Waals surface area (Å²) in [6.07, 6.45) is 9.33. The number of hydrogen-bond donors (Lipinski definition) is 2. The van der Waals surface area contributed by atoms with Crippen LogP contribution in [0.25, 0.3) is 11.0 Å². The summed E-state index contributed by atoms with van der Waals surface area (Å²) in [7, 11) is 0. The van der Waals surface area contributed by atoms with Gasteiger partial charge >= 0.3 is 0 Å². The van der Waals surface area contributed by atoms with E-state index in [9.17, 15) is 0 Å². The molecule has 0 radical (unpaired) electrons. The molecular weight excluding hydrogens is 254 g/mol. The molecule has 2 aromatic rings. The molecule has 0 unspecified atom stereocenters. The molecule has 2 N–H and O–H groups in total. The first kappa shape index (κ1) is 13.1. The van der Waals surface area contributed by atoms with Gasteiger partial charge in [-0.3, -0.25) is 5.10 Å². The SMILES string of the molecule is CCNc1nc(OC2CCCCCC2)c2cn[nH]c2n1. The number of ether oxygens (including phenoxy) is 1. The fourth-order valence-electron chi connectivity index (χ4n) is 2.65. The number of H-pyrrole nitrogens is 1. The summed E-state index contributed by atoms with van der Waals surface area (Å²) >= 11 is 0. The second kappa shape index (κ2) is 6.07. The number of aromatic amines is 1. The normalized spacial score (nSPS) is 17.1. The number of anilines is 1. The summed E-state index contributed by atoms with van der Waals surface area (Å²) in [5.74, 6) is 1.24. The van der Waals surface area contributed by atoms with Gasteiger partial charge < -0.3 is 10.1 Å². The van der Waals surface area contributed by atoms with Gasteiger partial charge in [0.25, 0.3) is 0 Å². The second-order valence-corrected chi connectivity index (χ2v) is 5.25. The van der Waals surface area contributed by atoms with Crippen molar-refractivity contribution in [1.82, 2.24) is 20.2 Å². The third-order valence-corrected chi connectivity index (χ3v) is 3.69. The summed E-state index contributed by atoms with van der Waals surface area (Å²) in [4.78, 5) is 8.86. The van der Waals surface area contributed by atoms with Crippen molar-refractivity contribution in [2.75, 3.05) is 11.9 Å². The highest BCUT2D eigenvalue weighted by atomic mass is 16.5. The van der Waals surface area contributed by atoms with Crippen molar-refractivity contribution in [3.8, 4) is 5.88 Å². The van der Waals surface area contributed by atoms with Crippen LogP contribution in [0.15, 0.2) is 6.20 Å². The number of nitrogens with zero attached hydrogens (tertiary/aromatic N) is 3. The Morgan fingerprint density at radius 2 is 2.05 bits per heavy atom. The number of hydrogen-bond acceptors (Lipinski definition) is 5. The Hall–Kier alpha value is -1.85. The maximum atomic E-state index is 6.14. The summed E-state index contributed by atoms with van der Waals surface area (Å²) in [5.41, 5.74) is 0.722. The lowest BCUT2D eigenvalue weighted by molar-refractivity contribution is 0.179. The highest BCUT2D eigenvalue weighted by Crippen LogP contribution is 2.27. The Labute approximate surface area is 118 Å². The van der Waals surface area contributed by atoms with Gasteiger partial charge in [0.2, 0.25) is 11.8 Å². The molecule has 108 valence electrons. The zero-order valence-corrected chi connectivity index (χ0v) is 11.9. The van der Waals surface area contributed by atoms with E-state index in [1.807, 2.05) is 6.92 Å². The Morgan fingerprint density at radius 1 is 1.25 bits per heavy atom. The predicted molar refractivity (Wildman–Crippen MR) is 78.0 cm³/mol. The molecule has 20 heavy (non-hydrogen) atoms. The molecule has 0 bridgehead atoms. The summed E-state index contributed by atoms with van der Waals surface area (Å²) in [6, 6.07) is 0. The topological polar surface area (TPSA) is 75.7 Å². The largest absolute Gasteiger partial charge is 0.474 e. The third kappa shape index (κ3) is 2.84. The van der Waals surface area contributed by atoms with Crippen LogP contribution in [0.5, 0.6) is 5.88 Å². The van der Waals surface area contributed by atoms with Crippen molar-refractivity contribution >= 4 is 17.0 Å². The highest BCUT2D eigenvalue weighted by Gasteiger charge is 2.17. The van der Waals surface area contributed by atoms with Crippen LogP contribution < -0.4 is 10.1 Å². The average molecular weight is 275 g/mol. The fraction of sp³-hybridized carbons (Fsp3) is 0.643. The lowest BCUT2D eigenvalue weighted by atomic mass is 10.1. The van der Waals surface area contributed by atoms with E-state index in [2.05, 4.69) is 25.5 Å². The number of rotatable bonds is 4. The molecule has 3 rings (SSSR count). The second-order valence-electron chi connectivity index (χ2n) is 5.25. The molecule has 2 aromatic heterocycles. The van der Waals surface area contributed by atoms with Gasteiger partial charge in [-0.25, -0.2) is 0 Å². The molecule has 1 fully saturated rings. The lowest BCUT2D eigenvalue weighted by Gasteiger charge is -2.17. The summed E-state index contributed by atoms with van der Waals surface area (Å²) in [5, 5.41) is 10.9. The smallest absolute Gasteiger partial charge is 0.229 e. The van der Waals surface area contributed by atoms with E-state index in [-0.39, 0.29) is 6.10 Å². The predicted octanol–water partition coefficient (Wildman–Crippen LogP) is 2.89. The van der Waals surface area contributed by atoms with Crippen molar-refractivity contribution in [1.29, 1.82) is 0 Å². The maximum Gasteiger partial charge on any atom is 0.229 e. The first-order chi connectivity index (χ1) is 9.86. The fourth-order valence-corrected chi connectivity index (χ4v) is 2.65. The molecule has 1 aliphatic rings. The molecule has 0 saturated heterocycles. The zero-order valence-electron chi connectivity index (χ0n) is 11.9. The number of fused-ring (bicyclic) bond motifs is 1. The van der Waals surface area contributed by atoms with Gasteiger partial charge in [-0.05, 0) is 32.6 Å². The van der Waals surface area contributed by atoms with Crippen LogP contribution in [0.3, 0.4) is 0 Å². The molecule has 6 nitrogen and oxygen atoms in total. The van der Waals surface area contributed by atoms with Crippen molar-refractivity contribution < 1.29 is 4.74 Å². The lowest BCUT2D eigenvalue weighted by Crippen LogP contribution is -2.16. The zero-order chi connectivity index (χ0) is 13.8. The van der Waals surface area contributed by atoms with Gasteiger partial charge in [-0.1, -0.05) is 12.8 Å². The highest BCUT2D eigenvalue weighted by molar-refractivity contribution is 5.80. The van der Waals surface area contributed by atoms with Crippen molar-refractivity contribution in [2.24, 2.45) is 0 Å². The number of aromatic nitrogens is 4. The summed E-state index contributed by atoms with van der Waals surface area (Å²) < 4.78 is 6.14. The Bertz CT molecular complexity index is 560. The van der Waals surface area contributed by atoms with Crippen LogP contribution in [-0.2, 0) is 0 Å². The van der Waals surface area contributed by atoms with E-state index in [0.717, 1.165) is 30.4 Å². The molecule has 0 aliphatic heterocycles. The van der Waals surface area contributed by atoms with Crippen LogP contribution in [0.2, 0.25) is 0 Å². The quantitative estimate of drug-likeness (QED) is 0.839. The first-order valence-corrected chi connectivity index (χ1v) is 7.48. The maximum absolute atomic E-state index is 6.14. The van der Waals surface area contributed by atoms with Crippen LogP contribution in [0, 0.1) is 0 Å². The molecule has 0 atom stereocenters. The molecule has 1 saturated carbocycles. The Kier molecular flexibility index (Phi) is 3.99. The molecule has 2 heterocycles. The molecular formula is C14H21N5O. The van der Waals surface area contributed by atoms with Crippen molar-refractivity contribution in [3.63, 3.8) is 0 Å². The van der Waals surface area contributed by atoms with Crippen molar-refractivity contribution in [2.45, 2.75) is 51.6 Å². The van der Waals surface area contributed by atoms with E-state index >= 15 is 0 Å². The van der Waals surface area contributed by atoms with E-state index < -0.39 is 0 Å². The van der Waals surface area contributed by atoms with Crippen LogP contribution >= 0.6 is 0 Å². The van der Waals surface area contributed by atoms with Crippen molar-refractivity contribution in [3.05, 3.63) is 6.20 Å². The monoisotopic (exact) mass is 275 g/mol. The van der Waals surface area contributed by atoms with Gasteiger partial charge in [-0.15, -0.1) is 0 Å². The van der Waals surface area contributed by atoms with E-state index in [4.69, 9.17) is 4.74 Å². The minimum atomic E-state index is 0.264. The van der Waals surface area contributed by atoms with E-state index in [1.54, 1.807) is 6.20 Å². The van der Waals surface area contributed by atoms with E-state index in [1.165, 1.54) is 25.7 Å². The van der Waals surface area contributed by atoms with Crippen LogP contribution in [0.4, 0.5) is 5.95 Å². The molecule has 6 heteroatoms. The number of nitrogens with one attached hydrogen (secondary N) is 2. The summed E-state index contributed by atoms with van der Waals surface area (Å²) in [6.45, 7) is 2.80. The minimum Gasteiger partial charge on any atom is -0.474 e. The molecule has 0 spiro atoms. The van der Waals surface area contributed by atoms with Gasteiger partial charge in [-0.2, -0.15) is 15.1 Å². The molecule has 0 amide bonds. The average Bonchev–Trinajstić information content (AvgIpc) is 2.77. The Balaban J connectivity index is 1.86. The standard InChI is InChI=1S/C14H21N5O/c1-2-15-14-17-12-11(9-16-19-12)13(18-14)20-10-7-5-3-4-6-8-10/h9-10H,2-8H2,1H3,(H2,15,16,17,18,19). The Morgan fingerprint density at radius 3 is 2.80 bits per heavy atom. The molecule has 0 aromatic carbocycles. The van der Waals surface area contributed by atoms with Gasteiger partial charge in [0.1, 0.15) is 11.5 Å².